The van der Waals surface area contributed by atoms with Gasteiger partial charge in [-0.1, -0.05) is 78.8 Å². The number of benzene rings is 2. The summed E-state index contributed by atoms with van der Waals surface area (Å²) < 4.78 is 7.36. The lowest BCUT2D eigenvalue weighted by atomic mass is 9.82. The van der Waals surface area contributed by atoms with Crippen LogP contribution in [0.5, 0.6) is 0 Å². The minimum Gasteiger partial charge on any atom is -0.848 e. The van der Waals surface area contributed by atoms with Crippen LogP contribution in [0.25, 0.3) is 0 Å². The van der Waals surface area contributed by atoms with E-state index in [4.69, 9.17) is 4.74 Å². The Labute approximate surface area is 210 Å². The smallest absolute Gasteiger partial charge is 0.331 e. The van der Waals surface area contributed by atoms with E-state index in [0.717, 1.165) is 80.6 Å². The molecule has 6 rings (SSSR count). The van der Waals surface area contributed by atoms with Gasteiger partial charge in [0.15, 0.2) is 6.10 Å². The molecule has 0 aliphatic carbocycles. The predicted molar refractivity (Wildman–Crippen MR) is 135 cm³/mol. The Hall–Kier alpha value is -2.21. The van der Waals surface area contributed by atoms with Gasteiger partial charge in [0.25, 0.3) is 0 Å². The first-order valence-electron chi connectivity index (χ1n) is 13.6. The molecule has 0 unspecified atom stereocenters. The summed E-state index contributed by atoms with van der Waals surface area (Å²) in [5, 5.41) is 12.9. The van der Waals surface area contributed by atoms with Crippen LogP contribution >= 0.6 is 0 Å². The first kappa shape index (κ1) is 24.5. The SMILES string of the molecule is C[C@@](C(=O)O[C@@H]1C[N+]2(CC[C@@H]([O-])c3ccccc3)CCC1CC2)(c1ccccc1)N1CCCCC1. The van der Waals surface area contributed by atoms with Gasteiger partial charge in [-0.3, -0.25) is 4.90 Å². The number of esters is 1. The molecular formula is C30H40N2O3. The molecule has 3 atom stereocenters. The molecule has 4 heterocycles. The van der Waals surface area contributed by atoms with Gasteiger partial charge in [0.2, 0.25) is 0 Å². The molecule has 0 radical (unpaired) electrons. The lowest BCUT2D eigenvalue weighted by Gasteiger charge is -2.53. The van der Waals surface area contributed by atoms with Crippen LogP contribution in [-0.4, -0.2) is 60.7 Å². The maximum Gasteiger partial charge on any atom is 0.331 e. The van der Waals surface area contributed by atoms with Crippen molar-refractivity contribution in [3.05, 3.63) is 71.8 Å². The molecule has 2 bridgehead atoms. The van der Waals surface area contributed by atoms with Crippen molar-refractivity contribution >= 4 is 5.97 Å². The van der Waals surface area contributed by atoms with Crippen LogP contribution in [0.3, 0.4) is 0 Å². The van der Waals surface area contributed by atoms with Crippen LogP contribution in [0.15, 0.2) is 60.7 Å². The second kappa shape index (κ2) is 10.4. The Balaban J connectivity index is 1.29. The number of carbonyl (C=O) groups excluding carboxylic acids is 1. The predicted octanol–water partition coefficient (Wildman–Crippen LogP) is 4.03. The minimum atomic E-state index is -0.758. The van der Waals surface area contributed by atoms with Crippen molar-refractivity contribution in [2.45, 2.75) is 63.2 Å². The highest BCUT2D eigenvalue weighted by Gasteiger charge is 2.50. The van der Waals surface area contributed by atoms with E-state index >= 15 is 0 Å². The summed E-state index contributed by atoms with van der Waals surface area (Å²) in [6.45, 7) is 7.83. The van der Waals surface area contributed by atoms with Gasteiger partial charge in [-0.15, -0.1) is 0 Å². The van der Waals surface area contributed by atoms with E-state index < -0.39 is 11.6 Å². The highest BCUT2D eigenvalue weighted by Crippen LogP contribution is 2.39. The van der Waals surface area contributed by atoms with Crippen LogP contribution < -0.4 is 5.11 Å². The molecule has 0 N–H and O–H groups in total. The van der Waals surface area contributed by atoms with Crippen LogP contribution in [0.2, 0.25) is 0 Å². The molecule has 2 aromatic rings. The standard InChI is InChI=1S/C30H40N2O3/c1-30(26-13-7-3-8-14-26,31-18-9-4-10-19-31)29(34)35-28-23-32(20-15-25(28)16-21-32)22-17-27(33)24-11-5-2-6-12-24/h2-3,5-8,11-14,25,27-28H,4,9-10,15-23H2,1H3/t25?,27-,28-,30+,32?/m1/s1. The van der Waals surface area contributed by atoms with Gasteiger partial charge in [0.05, 0.1) is 19.6 Å². The Bertz CT molecular complexity index is 968. The number of quaternary nitrogens is 1. The van der Waals surface area contributed by atoms with Gasteiger partial charge in [0.1, 0.15) is 12.1 Å². The highest BCUT2D eigenvalue weighted by molar-refractivity contribution is 5.82. The average molecular weight is 477 g/mol. The number of nitrogens with zero attached hydrogens (tertiary/aromatic N) is 2. The molecule has 0 spiro atoms. The fourth-order valence-corrected chi connectivity index (χ4v) is 6.68. The second-order valence-corrected chi connectivity index (χ2v) is 11.2. The van der Waals surface area contributed by atoms with E-state index in [1.54, 1.807) is 0 Å². The monoisotopic (exact) mass is 476 g/mol. The first-order valence-corrected chi connectivity index (χ1v) is 13.6. The van der Waals surface area contributed by atoms with Crippen molar-refractivity contribution in [2.75, 3.05) is 39.3 Å². The number of carbonyl (C=O) groups is 1. The third-order valence-electron chi connectivity index (χ3n) is 9.06. The van der Waals surface area contributed by atoms with Crippen molar-refractivity contribution in [2.24, 2.45) is 5.92 Å². The van der Waals surface area contributed by atoms with Gasteiger partial charge in [-0.2, -0.15) is 0 Å². The Morgan fingerprint density at radius 1 is 1.03 bits per heavy atom. The maximum absolute atomic E-state index is 13.9. The fourth-order valence-electron chi connectivity index (χ4n) is 6.68. The van der Waals surface area contributed by atoms with Crippen LogP contribution in [0.1, 0.15) is 62.7 Å². The zero-order valence-electron chi connectivity index (χ0n) is 21.1. The third-order valence-corrected chi connectivity index (χ3v) is 9.06. The molecule has 0 saturated carbocycles. The number of hydrogen-bond donors (Lipinski definition) is 0. The Kier molecular flexibility index (Phi) is 7.29. The Morgan fingerprint density at radius 3 is 2.31 bits per heavy atom. The van der Waals surface area contributed by atoms with Gasteiger partial charge in [-0.25, -0.2) is 4.79 Å². The van der Waals surface area contributed by atoms with Crippen LogP contribution in [0, 0.1) is 5.92 Å². The van der Waals surface area contributed by atoms with E-state index in [0.29, 0.717) is 12.3 Å². The molecule has 2 aromatic carbocycles. The summed E-state index contributed by atoms with van der Waals surface area (Å²) >= 11 is 0. The van der Waals surface area contributed by atoms with Crippen molar-refractivity contribution < 1.29 is 19.1 Å². The summed E-state index contributed by atoms with van der Waals surface area (Å²) in [6, 6.07) is 19.9. The van der Waals surface area contributed by atoms with Gasteiger partial charge in [-0.05, 0) is 44.8 Å². The average Bonchev–Trinajstić information content (AvgIpc) is 2.93. The summed E-state index contributed by atoms with van der Waals surface area (Å²) in [5.74, 6) is 0.339. The minimum absolute atomic E-state index is 0.0559. The second-order valence-electron chi connectivity index (χ2n) is 11.2. The van der Waals surface area contributed by atoms with Crippen molar-refractivity contribution in [3.63, 3.8) is 0 Å². The zero-order chi connectivity index (χ0) is 24.3. The van der Waals surface area contributed by atoms with Crippen molar-refractivity contribution in [1.82, 2.24) is 4.90 Å². The molecule has 0 aromatic heterocycles. The number of fused-ring (bicyclic) bond motifs is 3. The van der Waals surface area contributed by atoms with E-state index in [1.807, 2.05) is 48.5 Å². The molecule has 4 aliphatic heterocycles. The van der Waals surface area contributed by atoms with Crippen molar-refractivity contribution in [1.29, 1.82) is 0 Å². The van der Waals surface area contributed by atoms with Crippen molar-refractivity contribution in [3.8, 4) is 0 Å². The quantitative estimate of drug-likeness (QED) is 0.426. The largest absolute Gasteiger partial charge is 0.848 e. The highest BCUT2D eigenvalue weighted by atomic mass is 16.5. The molecule has 4 fully saturated rings. The molecule has 5 nitrogen and oxygen atoms in total. The molecule has 4 saturated heterocycles. The summed E-state index contributed by atoms with van der Waals surface area (Å²) in [7, 11) is 0. The summed E-state index contributed by atoms with van der Waals surface area (Å²) in [6.07, 6.45) is 5.52. The van der Waals surface area contributed by atoms with Crippen LogP contribution in [-0.2, 0) is 15.1 Å². The maximum atomic E-state index is 13.9. The normalized spacial score (nSPS) is 29.3. The van der Waals surface area contributed by atoms with Gasteiger partial charge < -0.3 is 14.3 Å². The third kappa shape index (κ3) is 5.04. The number of ether oxygens (including phenoxy) is 1. The van der Waals surface area contributed by atoms with E-state index in [9.17, 15) is 9.90 Å². The van der Waals surface area contributed by atoms with E-state index in [2.05, 4.69) is 24.0 Å². The first-order chi connectivity index (χ1) is 17.0. The molecule has 0 amide bonds. The van der Waals surface area contributed by atoms with Gasteiger partial charge in [0, 0.05) is 18.8 Å². The molecule has 188 valence electrons. The lowest BCUT2D eigenvalue weighted by Crippen LogP contribution is -2.65. The topological polar surface area (TPSA) is 52.6 Å². The number of hydrogen-bond acceptors (Lipinski definition) is 4. The Morgan fingerprint density at radius 2 is 1.66 bits per heavy atom. The molecular weight excluding hydrogens is 436 g/mol. The zero-order valence-corrected chi connectivity index (χ0v) is 21.1. The number of rotatable bonds is 8. The van der Waals surface area contributed by atoms with E-state index in [-0.39, 0.29) is 12.1 Å². The molecule has 5 heteroatoms. The summed E-state index contributed by atoms with van der Waals surface area (Å²) in [5.41, 5.74) is 1.14. The molecule has 4 aliphatic rings. The fraction of sp³-hybridized carbons (Fsp3) is 0.567. The lowest BCUT2D eigenvalue weighted by molar-refractivity contribution is -0.947. The summed E-state index contributed by atoms with van der Waals surface area (Å²) in [4.78, 5) is 16.3. The van der Waals surface area contributed by atoms with E-state index in [1.165, 1.54) is 6.42 Å². The number of piperidine rings is 4. The van der Waals surface area contributed by atoms with Gasteiger partial charge >= 0.3 is 5.97 Å². The van der Waals surface area contributed by atoms with Crippen LogP contribution in [0.4, 0.5) is 0 Å². The number of likely N-dealkylation sites (tertiary alicyclic amines) is 1. The molecule has 35 heavy (non-hydrogen) atoms.